The summed E-state index contributed by atoms with van der Waals surface area (Å²) in [6, 6.07) is 9.71. The fourth-order valence-corrected chi connectivity index (χ4v) is 3.06. The summed E-state index contributed by atoms with van der Waals surface area (Å²) < 4.78 is 14.4. The Bertz CT molecular complexity index is 554. The second-order valence-corrected chi connectivity index (χ2v) is 6.28. The van der Waals surface area contributed by atoms with Crippen LogP contribution in [0.5, 0.6) is 0 Å². The van der Waals surface area contributed by atoms with Crippen LogP contribution >= 0.6 is 11.3 Å². The van der Waals surface area contributed by atoms with Gasteiger partial charge in [-0.25, -0.2) is 4.39 Å². The van der Waals surface area contributed by atoms with Gasteiger partial charge in [0.25, 0.3) is 0 Å². The topological polar surface area (TPSA) is 29.3 Å². The van der Waals surface area contributed by atoms with Crippen molar-refractivity contribution in [2.75, 3.05) is 11.4 Å². The van der Waals surface area contributed by atoms with Gasteiger partial charge in [-0.3, -0.25) is 0 Å². The molecule has 0 spiro atoms. The molecular formula is C17H23FN2S. The Kier molecular flexibility index (Phi) is 5.76. The lowest BCUT2D eigenvalue weighted by Crippen LogP contribution is -2.23. The molecule has 0 saturated carbocycles. The van der Waals surface area contributed by atoms with Gasteiger partial charge in [-0.2, -0.15) is 0 Å². The number of thiophene rings is 1. The summed E-state index contributed by atoms with van der Waals surface area (Å²) in [5.74, 6) is -0.158. The van der Waals surface area contributed by atoms with E-state index < -0.39 is 0 Å². The molecule has 0 radical (unpaired) electrons. The smallest absolute Gasteiger partial charge is 0.146 e. The van der Waals surface area contributed by atoms with Gasteiger partial charge in [-0.15, -0.1) is 11.3 Å². The van der Waals surface area contributed by atoms with E-state index in [4.69, 9.17) is 5.73 Å². The molecule has 0 bridgehead atoms. The minimum Gasteiger partial charge on any atom is -0.364 e. The molecular weight excluding hydrogens is 283 g/mol. The molecule has 2 rings (SSSR count). The van der Waals surface area contributed by atoms with Gasteiger partial charge in [0.15, 0.2) is 0 Å². The molecule has 1 aromatic heterocycles. The third kappa shape index (κ3) is 4.29. The zero-order valence-electron chi connectivity index (χ0n) is 12.7. The molecule has 21 heavy (non-hydrogen) atoms. The van der Waals surface area contributed by atoms with E-state index in [2.05, 4.69) is 23.3 Å². The van der Waals surface area contributed by atoms with Gasteiger partial charge < -0.3 is 10.6 Å². The van der Waals surface area contributed by atoms with Gasteiger partial charge in [0.2, 0.25) is 0 Å². The van der Waals surface area contributed by atoms with Gasteiger partial charge >= 0.3 is 0 Å². The van der Waals surface area contributed by atoms with Crippen molar-refractivity contribution in [1.82, 2.24) is 0 Å². The van der Waals surface area contributed by atoms with Crippen molar-refractivity contribution in [2.24, 2.45) is 5.73 Å². The van der Waals surface area contributed by atoms with Crippen molar-refractivity contribution in [2.45, 2.75) is 39.3 Å². The van der Waals surface area contributed by atoms with Crippen molar-refractivity contribution in [3.63, 3.8) is 0 Å². The van der Waals surface area contributed by atoms with E-state index in [1.165, 1.54) is 4.88 Å². The van der Waals surface area contributed by atoms with Crippen molar-refractivity contribution in [3.8, 4) is 0 Å². The molecule has 0 aliphatic rings. The average Bonchev–Trinajstić information content (AvgIpc) is 2.98. The lowest BCUT2D eigenvalue weighted by Gasteiger charge is -2.23. The van der Waals surface area contributed by atoms with E-state index in [0.29, 0.717) is 5.69 Å². The zero-order chi connectivity index (χ0) is 15.2. The first-order valence-electron chi connectivity index (χ1n) is 7.45. The monoisotopic (exact) mass is 306 g/mol. The van der Waals surface area contributed by atoms with E-state index in [1.807, 2.05) is 25.1 Å². The van der Waals surface area contributed by atoms with Crippen LogP contribution < -0.4 is 10.6 Å². The number of nitrogens with two attached hydrogens (primary N) is 1. The Labute approximate surface area is 130 Å². The molecule has 2 aromatic rings. The highest BCUT2D eigenvalue weighted by Crippen LogP contribution is 2.24. The normalized spacial score (nSPS) is 12.4. The number of hydrogen-bond acceptors (Lipinski definition) is 3. The maximum Gasteiger partial charge on any atom is 0.146 e. The Balaban J connectivity index is 2.14. The highest BCUT2D eigenvalue weighted by molar-refractivity contribution is 7.09. The fraction of sp³-hybridized carbons (Fsp3) is 0.412. The molecule has 1 aromatic carbocycles. The lowest BCUT2D eigenvalue weighted by molar-refractivity contribution is 0.607. The summed E-state index contributed by atoms with van der Waals surface area (Å²) in [6.07, 6.45) is 1.63. The third-order valence-electron chi connectivity index (χ3n) is 3.68. The molecule has 114 valence electrons. The van der Waals surface area contributed by atoms with Gasteiger partial charge in [-0.05, 0) is 48.9 Å². The Morgan fingerprint density at radius 2 is 2.10 bits per heavy atom. The van der Waals surface area contributed by atoms with Gasteiger partial charge in [0, 0.05) is 17.5 Å². The number of anilines is 1. The molecule has 0 aliphatic heterocycles. The molecule has 0 fully saturated rings. The number of halogens is 1. The summed E-state index contributed by atoms with van der Waals surface area (Å²) in [5.41, 5.74) is 7.57. The molecule has 1 atom stereocenters. The predicted octanol–water partition coefficient (Wildman–Crippen LogP) is 4.19. The molecule has 1 heterocycles. The van der Waals surface area contributed by atoms with Crippen LogP contribution in [0, 0.1) is 5.82 Å². The summed E-state index contributed by atoms with van der Waals surface area (Å²) in [7, 11) is 0. The first-order chi connectivity index (χ1) is 10.1. The summed E-state index contributed by atoms with van der Waals surface area (Å²) in [4.78, 5) is 3.30. The van der Waals surface area contributed by atoms with Gasteiger partial charge in [0.1, 0.15) is 5.82 Å². The summed E-state index contributed by atoms with van der Waals surface area (Å²) in [5, 5.41) is 2.05. The predicted molar refractivity (Wildman–Crippen MR) is 89.4 cm³/mol. The van der Waals surface area contributed by atoms with Crippen molar-refractivity contribution in [1.29, 1.82) is 0 Å². The van der Waals surface area contributed by atoms with Crippen molar-refractivity contribution < 1.29 is 4.39 Å². The number of benzene rings is 1. The molecule has 0 saturated heterocycles. The van der Waals surface area contributed by atoms with E-state index in [9.17, 15) is 4.39 Å². The van der Waals surface area contributed by atoms with E-state index in [0.717, 1.165) is 31.5 Å². The molecule has 4 heteroatoms. The van der Waals surface area contributed by atoms with Crippen molar-refractivity contribution in [3.05, 3.63) is 52.0 Å². The minimum atomic E-state index is -0.158. The highest BCUT2D eigenvalue weighted by Gasteiger charge is 2.12. The summed E-state index contributed by atoms with van der Waals surface area (Å²) in [6.45, 7) is 5.63. The van der Waals surface area contributed by atoms with Crippen LogP contribution in [0.2, 0.25) is 0 Å². The summed E-state index contributed by atoms with van der Waals surface area (Å²) >= 11 is 1.70. The van der Waals surface area contributed by atoms with E-state index in [1.54, 1.807) is 17.4 Å². The maximum atomic E-state index is 14.4. The standard InChI is InChI=1S/C17H23FN2S/c1-3-14(19)10-13-7-8-17(16(18)11-13)20(4-2)12-15-6-5-9-21-15/h5-9,11,14H,3-4,10,12,19H2,1-2H3. The molecule has 2 nitrogen and oxygen atoms in total. The van der Waals surface area contributed by atoms with E-state index >= 15 is 0 Å². The average molecular weight is 306 g/mol. The quantitative estimate of drug-likeness (QED) is 0.831. The van der Waals surface area contributed by atoms with Crippen molar-refractivity contribution >= 4 is 17.0 Å². The van der Waals surface area contributed by atoms with Gasteiger partial charge in [-0.1, -0.05) is 19.1 Å². The maximum absolute atomic E-state index is 14.4. The number of rotatable bonds is 7. The van der Waals surface area contributed by atoms with Crippen LogP contribution in [0.1, 0.15) is 30.7 Å². The van der Waals surface area contributed by atoms with Crippen LogP contribution in [0.15, 0.2) is 35.7 Å². The van der Waals surface area contributed by atoms with E-state index in [-0.39, 0.29) is 11.9 Å². The fourth-order valence-electron chi connectivity index (χ4n) is 2.34. The van der Waals surface area contributed by atoms with Gasteiger partial charge in [0.05, 0.1) is 12.2 Å². The number of hydrogen-bond donors (Lipinski definition) is 1. The first-order valence-corrected chi connectivity index (χ1v) is 8.33. The molecule has 2 N–H and O–H groups in total. The lowest BCUT2D eigenvalue weighted by atomic mass is 10.0. The molecule has 0 aliphatic carbocycles. The minimum absolute atomic E-state index is 0.101. The second kappa shape index (κ2) is 7.57. The first kappa shape index (κ1) is 16.0. The number of nitrogens with zero attached hydrogens (tertiary/aromatic N) is 1. The Morgan fingerprint density at radius 3 is 2.67 bits per heavy atom. The van der Waals surface area contributed by atoms with Crippen LogP contribution in [-0.2, 0) is 13.0 Å². The van der Waals surface area contributed by atoms with Crippen LogP contribution in [0.4, 0.5) is 10.1 Å². The Hall–Kier alpha value is -1.39. The van der Waals surface area contributed by atoms with Crippen LogP contribution in [0.3, 0.4) is 0 Å². The second-order valence-electron chi connectivity index (χ2n) is 5.25. The molecule has 0 amide bonds. The zero-order valence-corrected chi connectivity index (χ0v) is 13.5. The SMILES string of the molecule is CCC(N)Cc1ccc(N(CC)Cc2cccs2)c(F)c1. The third-order valence-corrected chi connectivity index (χ3v) is 4.54. The highest BCUT2D eigenvalue weighted by atomic mass is 32.1. The largest absolute Gasteiger partial charge is 0.364 e. The Morgan fingerprint density at radius 1 is 1.29 bits per heavy atom. The van der Waals surface area contributed by atoms with Crippen LogP contribution in [-0.4, -0.2) is 12.6 Å². The molecule has 1 unspecified atom stereocenters. The van der Waals surface area contributed by atoms with Crippen LogP contribution in [0.25, 0.3) is 0 Å².